The van der Waals surface area contributed by atoms with Gasteiger partial charge in [-0.05, 0) is 43.0 Å². The molecule has 1 amide bonds. The molecule has 5 nitrogen and oxygen atoms in total. The van der Waals surface area contributed by atoms with Crippen molar-refractivity contribution < 1.29 is 14.3 Å². The van der Waals surface area contributed by atoms with Crippen molar-refractivity contribution in [3.05, 3.63) is 59.7 Å². The number of amides is 1. The number of nitrogens with one attached hydrogen (secondary N) is 2. The van der Waals surface area contributed by atoms with Crippen LogP contribution in [0, 0.1) is 6.92 Å². The van der Waals surface area contributed by atoms with Crippen LogP contribution in [0.15, 0.2) is 48.5 Å². The van der Waals surface area contributed by atoms with Gasteiger partial charge in [-0.2, -0.15) is 0 Å². The summed E-state index contributed by atoms with van der Waals surface area (Å²) in [5.74, 6) is 0.535. The van der Waals surface area contributed by atoms with E-state index in [0.717, 1.165) is 30.6 Å². The second kappa shape index (κ2) is 8.83. The summed E-state index contributed by atoms with van der Waals surface area (Å²) in [7, 11) is 1.60. The van der Waals surface area contributed by atoms with Gasteiger partial charge in [0.25, 0.3) is 0 Å². The lowest BCUT2D eigenvalue weighted by Gasteiger charge is -2.21. The third kappa shape index (κ3) is 4.62. The quantitative estimate of drug-likeness (QED) is 0.799. The molecule has 0 radical (unpaired) electrons. The van der Waals surface area contributed by atoms with Crippen LogP contribution in [-0.4, -0.2) is 32.3 Å². The number of methoxy groups -OCH3 is 1. The fourth-order valence-electron chi connectivity index (χ4n) is 3.19. The number of ether oxygens (including phenoxy) is 2. The molecule has 26 heavy (non-hydrogen) atoms. The molecule has 0 spiro atoms. The van der Waals surface area contributed by atoms with Crippen molar-refractivity contribution in [1.82, 2.24) is 5.32 Å². The summed E-state index contributed by atoms with van der Waals surface area (Å²) in [6.07, 6.45) is 2.28. The number of benzene rings is 2. The largest absolute Gasteiger partial charge is 0.495 e. The van der Waals surface area contributed by atoms with Crippen LogP contribution in [0.25, 0.3) is 0 Å². The first-order chi connectivity index (χ1) is 12.7. The van der Waals surface area contributed by atoms with Crippen LogP contribution in [0.2, 0.25) is 0 Å². The predicted octanol–water partition coefficient (Wildman–Crippen LogP) is 3.45. The van der Waals surface area contributed by atoms with E-state index in [-0.39, 0.29) is 12.0 Å². The fourth-order valence-corrected chi connectivity index (χ4v) is 3.19. The molecule has 0 saturated carbocycles. The Kier molecular flexibility index (Phi) is 6.26. The molecular weight excluding hydrogens is 328 g/mol. The molecule has 1 aliphatic rings. The van der Waals surface area contributed by atoms with E-state index in [1.54, 1.807) is 7.11 Å². The molecule has 2 atom stereocenters. The number of hydrogen-bond donors (Lipinski definition) is 2. The van der Waals surface area contributed by atoms with Gasteiger partial charge in [0, 0.05) is 13.2 Å². The molecule has 1 aliphatic heterocycles. The zero-order valence-electron chi connectivity index (χ0n) is 15.3. The Labute approximate surface area is 154 Å². The van der Waals surface area contributed by atoms with Gasteiger partial charge in [-0.1, -0.05) is 36.4 Å². The van der Waals surface area contributed by atoms with Crippen molar-refractivity contribution in [2.75, 3.05) is 25.6 Å². The number of rotatable bonds is 7. The van der Waals surface area contributed by atoms with Gasteiger partial charge in [-0.15, -0.1) is 0 Å². The summed E-state index contributed by atoms with van der Waals surface area (Å²) in [5, 5.41) is 6.38. The van der Waals surface area contributed by atoms with E-state index in [2.05, 4.69) is 10.6 Å². The highest BCUT2D eigenvalue weighted by Gasteiger charge is 2.24. The first kappa shape index (κ1) is 18.4. The van der Waals surface area contributed by atoms with Crippen LogP contribution < -0.4 is 15.4 Å². The van der Waals surface area contributed by atoms with Gasteiger partial charge in [0.1, 0.15) is 11.8 Å². The number of carbonyl (C=O) groups is 1. The first-order valence-electron chi connectivity index (χ1n) is 9.03. The Bertz CT molecular complexity index is 727. The van der Waals surface area contributed by atoms with E-state index in [9.17, 15) is 4.79 Å². The van der Waals surface area contributed by atoms with Gasteiger partial charge < -0.3 is 14.8 Å². The third-order valence-electron chi connectivity index (χ3n) is 4.58. The van der Waals surface area contributed by atoms with E-state index < -0.39 is 6.04 Å². The molecule has 1 saturated heterocycles. The summed E-state index contributed by atoms with van der Waals surface area (Å²) in [6.45, 7) is 3.44. The topological polar surface area (TPSA) is 59.6 Å². The maximum absolute atomic E-state index is 13.0. The summed E-state index contributed by atoms with van der Waals surface area (Å²) in [6, 6.07) is 15.0. The minimum Gasteiger partial charge on any atom is -0.495 e. The van der Waals surface area contributed by atoms with Gasteiger partial charge in [0.15, 0.2) is 0 Å². The Morgan fingerprint density at radius 2 is 2.08 bits per heavy atom. The van der Waals surface area contributed by atoms with E-state index in [1.807, 2.05) is 55.5 Å². The summed E-state index contributed by atoms with van der Waals surface area (Å²) < 4.78 is 11.0. The lowest BCUT2D eigenvalue weighted by atomic mass is 10.1. The highest BCUT2D eigenvalue weighted by Crippen LogP contribution is 2.27. The summed E-state index contributed by atoms with van der Waals surface area (Å²) in [5.41, 5.74) is 2.66. The molecule has 5 heteroatoms. The number of aryl methyl sites for hydroxylation is 1. The van der Waals surface area contributed by atoms with Crippen molar-refractivity contribution >= 4 is 11.6 Å². The normalized spacial score (nSPS) is 17.7. The average Bonchev–Trinajstić information content (AvgIpc) is 3.16. The van der Waals surface area contributed by atoms with Crippen molar-refractivity contribution in [2.24, 2.45) is 0 Å². The molecule has 0 unspecified atom stereocenters. The highest BCUT2D eigenvalue weighted by molar-refractivity contribution is 5.96. The maximum atomic E-state index is 13.0. The molecule has 2 aromatic rings. The van der Waals surface area contributed by atoms with Crippen LogP contribution in [0.3, 0.4) is 0 Å². The molecule has 3 rings (SSSR count). The number of hydrogen-bond acceptors (Lipinski definition) is 4. The van der Waals surface area contributed by atoms with Crippen LogP contribution in [0.1, 0.15) is 30.0 Å². The molecular formula is C21H26N2O3. The molecule has 1 fully saturated rings. The second-order valence-electron chi connectivity index (χ2n) is 6.58. The molecule has 0 aromatic heterocycles. The Morgan fingerprint density at radius 1 is 1.27 bits per heavy atom. The highest BCUT2D eigenvalue weighted by atomic mass is 16.5. The Balaban J connectivity index is 1.77. The lowest BCUT2D eigenvalue weighted by molar-refractivity contribution is -0.118. The summed E-state index contributed by atoms with van der Waals surface area (Å²) in [4.78, 5) is 13.0. The molecule has 0 aliphatic carbocycles. The Hall–Kier alpha value is -2.37. The zero-order valence-corrected chi connectivity index (χ0v) is 15.3. The minimum absolute atomic E-state index is 0.113. The van der Waals surface area contributed by atoms with Crippen LogP contribution in [-0.2, 0) is 9.53 Å². The standard InChI is InChI=1S/C21H26N2O3/c1-15-10-11-19(25-2)18(13-15)23-21(24)20(16-7-4-3-5-8-16)22-14-17-9-6-12-26-17/h3-5,7-8,10-11,13,17,20,22H,6,9,12,14H2,1-2H3,(H,23,24)/t17-,20+/m0/s1. The van der Waals surface area contributed by atoms with Crippen LogP contribution >= 0.6 is 0 Å². The molecule has 0 bridgehead atoms. The van der Waals surface area contributed by atoms with E-state index in [4.69, 9.17) is 9.47 Å². The molecule has 138 valence electrons. The smallest absolute Gasteiger partial charge is 0.246 e. The Morgan fingerprint density at radius 3 is 2.77 bits per heavy atom. The van der Waals surface area contributed by atoms with E-state index in [1.165, 1.54) is 0 Å². The first-order valence-corrected chi connectivity index (χ1v) is 9.03. The van der Waals surface area contributed by atoms with Crippen molar-refractivity contribution in [1.29, 1.82) is 0 Å². The van der Waals surface area contributed by atoms with Crippen molar-refractivity contribution in [2.45, 2.75) is 31.9 Å². The average molecular weight is 354 g/mol. The predicted molar refractivity (Wildman–Crippen MR) is 103 cm³/mol. The second-order valence-corrected chi connectivity index (χ2v) is 6.58. The van der Waals surface area contributed by atoms with Gasteiger partial charge in [-0.25, -0.2) is 0 Å². The van der Waals surface area contributed by atoms with Crippen molar-refractivity contribution in [3.8, 4) is 5.75 Å². The molecule has 2 aromatic carbocycles. The van der Waals surface area contributed by atoms with Gasteiger partial charge in [0.05, 0.1) is 18.9 Å². The number of carbonyl (C=O) groups excluding carboxylic acids is 1. The number of anilines is 1. The van der Waals surface area contributed by atoms with E-state index in [0.29, 0.717) is 18.0 Å². The minimum atomic E-state index is -0.453. The van der Waals surface area contributed by atoms with Crippen molar-refractivity contribution in [3.63, 3.8) is 0 Å². The van der Waals surface area contributed by atoms with Gasteiger partial charge in [-0.3, -0.25) is 10.1 Å². The van der Waals surface area contributed by atoms with Gasteiger partial charge >= 0.3 is 0 Å². The van der Waals surface area contributed by atoms with Gasteiger partial charge in [0.2, 0.25) is 5.91 Å². The lowest BCUT2D eigenvalue weighted by Crippen LogP contribution is -2.37. The van der Waals surface area contributed by atoms with Crippen LogP contribution in [0.4, 0.5) is 5.69 Å². The fraction of sp³-hybridized carbons (Fsp3) is 0.381. The molecule has 1 heterocycles. The SMILES string of the molecule is COc1ccc(C)cc1NC(=O)[C@H](NC[C@@H]1CCCO1)c1ccccc1. The monoisotopic (exact) mass is 354 g/mol. The third-order valence-corrected chi connectivity index (χ3v) is 4.58. The van der Waals surface area contributed by atoms with Crippen LogP contribution in [0.5, 0.6) is 5.75 Å². The molecule has 2 N–H and O–H groups in total. The maximum Gasteiger partial charge on any atom is 0.246 e. The van der Waals surface area contributed by atoms with E-state index >= 15 is 0 Å². The zero-order chi connectivity index (χ0) is 18.4. The summed E-state index contributed by atoms with van der Waals surface area (Å²) >= 11 is 0.